The quantitative estimate of drug-likeness (QED) is 0.610. The Balaban J connectivity index is 1.78. The van der Waals surface area contributed by atoms with Crippen LogP contribution in [0.2, 0.25) is 0 Å². The number of nitrogens with zero attached hydrogens (tertiary/aromatic N) is 1. The first-order valence-electron chi connectivity index (χ1n) is 7.42. The molecule has 22 heavy (non-hydrogen) atoms. The van der Waals surface area contributed by atoms with Crippen LogP contribution < -0.4 is 11.1 Å². The number of methoxy groups -OCH3 is 1. The summed E-state index contributed by atoms with van der Waals surface area (Å²) in [4.78, 5) is 4.37. The molecule has 0 amide bonds. The Morgan fingerprint density at radius 2 is 1.77 bits per heavy atom. The number of aliphatic imine (C=N–C) groups is 1. The number of benzene rings is 2. The lowest BCUT2D eigenvalue weighted by Crippen LogP contribution is -2.33. The van der Waals surface area contributed by atoms with E-state index in [-0.39, 0.29) is 0 Å². The molecular weight excluding hydrogens is 274 g/mol. The van der Waals surface area contributed by atoms with Gasteiger partial charge < -0.3 is 15.8 Å². The smallest absolute Gasteiger partial charge is 0.188 e. The van der Waals surface area contributed by atoms with Crippen molar-refractivity contribution in [3.05, 3.63) is 71.3 Å². The summed E-state index contributed by atoms with van der Waals surface area (Å²) in [7, 11) is 1.69. The van der Waals surface area contributed by atoms with Crippen LogP contribution in [-0.2, 0) is 24.3 Å². The van der Waals surface area contributed by atoms with Gasteiger partial charge in [0.25, 0.3) is 0 Å². The molecule has 0 atom stereocenters. The first kappa shape index (κ1) is 16.0. The fourth-order valence-corrected chi connectivity index (χ4v) is 2.20. The highest BCUT2D eigenvalue weighted by atomic mass is 16.5. The first-order chi connectivity index (χ1) is 10.8. The third-order valence-corrected chi connectivity index (χ3v) is 3.30. The highest BCUT2D eigenvalue weighted by Crippen LogP contribution is 2.07. The van der Waals surface area contributed by atoms with Crippen molar-refractivity contribution in [2.45, 2.75) is 19.6 Å². The van der Waals surface area contributed by atoms with Crippen LogP contribution in [0.4, 0.5) is 0 Å². The maximum atomic E-state index is 5.90. The van der Waals surface area contributed by atoms with Gasteiger partial charge in [-0.3, -0.25) is 0 Å². The maximum Gasteiger partial charge on any atom is 0.188 e. The number of hydrogen-bond acceptors (Lipinski definition) is 2. The maximum absolute atomic E-state index is 5.90. The van der Waals surface area contributed by atoms with Crippen LogP contribution in [0.15, 0.2) is 59.6 Å². The summed E-state index contributed by atoms with van der Waals surface area (Å²) in [5.41, 5.74) is 9.46. The summed E-state index contributed by atoms with van der Waals surface area (Å²) in [5, 5.41) is 3.14. The summed E-state index contributed by atoms with van der Waals surface area (Å²) < 4.78 is 5.13. The van der Waals surface area contributed by atoms with Crippen molar-refractivity contribution >= 4 is 5.96 Å². The molecule has 0 bridgehead atoms. The zero-order valence-corrected chi connectivity index (χ0v) is 13.0. The van der Waals surface area contributed by atoms with Gasteiger partial charge in [-0.05, 0) is 23.1 Å². The molecule has 2 rings (SSSR count). The zero-order chi connectivity index (χ0) is 15.6. The van der Waals surface area contributed by atoms with Crippen molar-refractivity contribution in [2.24, 2.45) is 10.7 Å². The number of nitrogens with two attached hydrogens (primary N) is 1. The van der Waals surface area contributed by atoms with Crippen LogP contribution in [0.1, 0.15) is 16.7 Å². The van der Waals surface area contributed by atoms with Gasteiger partial charge in [0.15, 0.2) is 5.96 Å². The van der Waals surface area contributed by atoms with Gasteiger partial charge in [-0.1, -0.05) is 54.6 Å². The van der Waals surface area contributed by atoms with Gasteiger partial charge in [-0.2, -0.15) is 0 Å². The molecule has 4 nitrogen and oxygen atoms in total. The average Bonchev–Trinajstić information content (AvgIpc) is 2.55. The summed E-state index contributed by atoms with van der Waals surface area (Å²) in [6, 6.07) is 18.5. The molecule has 116 valence electrons. The van der Waals surface area contributed by atoms with E-state index in [4.69, 9.17) is 10.5 Å². The van der Waals surface area contributed by atoms with Crippen LogP contribution in [-0.4, -0.2) is 19.6 Å². The minimum Gasteiger partial charge on any atom is -0.380 e. The third-order valence-electron chi connectivity index (χ3n) is 3.30. The number of rotatable bonds is 7. The van der Waals surface area contributed by atoms with E-state index in [9.17, 15) is 0 Å². The summed E-state index contributed by atoms with van der Waals surface area (Å²) >= 11 is 0. The van der Waals surface area contributed by atoms with Gasteiger partial charge >= 0.3 is 0 Å². The lowest BCUT2D eigenvalue weighted by atomic mass is 10.1. The minimum atomic E-state index is 0.480. The summed E-state index contributed by atoms with van der Waals surface area (Å²) in [5.74, 6) is 0.480. The fraction of sp³-hybridized carbons (Fsp3) is 0.278. The monoisotopic (exact) mass is 297 g/mol. The molecule has 0 fully saturated rings. The van der Waals surface area contributed by atoms with Crippen LogP contribution in [0.5, 0.6) is 0 Å². The second kappa shape index (κ2) is 8.85. The van der Waals surface area contributed by atoms with E-state index >= 15 is 0 Å². The lowest BCUT2D eigenvalue weighted by Gasteiger charge is -2.06. The molecule has 0 saturated heterocycles. The molecule has 0 aliphatic rings. The van der Waals surface area contributed by atoms with E-state index in [0.717, 1.165) is 24.1 Å². The van der Waals surface area contributed by atoms with E-state index in [1.165, 1.54) is 5.56 Å². The topological polar surface area (TPSA) is 59.6 Å². The van der Waals surface area contributed by atoms with E-state index in [1.54, 1.807) is 7.11 Å². The molecule has 2 aromatic rings. The van der Waals surface area contributed by atoms with Crippen molar-refractivity contribution in [2.75, 3.05) is 13.7 Å². The first-order valence-corrected chi connectivity index (χ1v) is 7.42. The molecule has 0 aliphatic carbocycles. The lowest BCUT2D eigenvalue weighted by molar-refractivity contribution is 0.185. The Kier molecular flexibility index (Phi) is 6.45. The Morgan fingerprint density at radius 1 is 1.05 bits per heavy atom. The van der Waals surface area contributed by atoms with Gasteiger partial charge in [-0.25, -0.2) is 4.99 Å². The second-order valence-electron chi connectivity index (χ2n) is 5.12. The zero-order valence-electron chi connectivity index (χ0n) is 13.0. The Morgan fingerprint density at radius 3 is 2.55 bits per heavy atom. The van der Waals surface area contributed by atoms with Crippen molar-refractivity contribution < 1.29 is 4.74 Å². The van der Waals surface area contributed by atoms with Gasteiger partial charge in [0, 0.05) is 13.7 Å². The summed E-state index contributed by atoms with van der Waals surface area (Å²) in [6.07, 6.45) is 0.931. The predicted molar refractivity (Wildman–Crippen MR) is 90.6 cm³/mol. The highest BCUT2D eigenvalue weighted by molar-refractivity contribution is 5.77. The fourth-order valence-electron chi connectivity index (χ4n) is 2.20. The standard InChI is InChI=1S/C18H23N3O/c1-22-14-17-9-5-8-16(12-17)13-21-18(19)20-11-10-15-6-3-2-4-7-15/h2-9,12H,10-11,13-14H2,1H3,(H3,19,20,21). The molecule has 0 unspecified atom stereocenters. The number of hydrogen-bond donors (Lipinski definition) is 2. The van der Waals surface area contributed by atoms with Gasteiger partial charge in [0.1, 0.15) is 0 Å². The number of ether oxygens (including phenoxy) is 1. The molecule has 4 heteroatoms. The molecule has 0 aliphatic heterocycles. The molecule has 0 aromatic heterocycles. The third kappa shape index (κ3) is 5.58. The molecule has 0 radical (unpaired) electrons. The van der Waals surface area contributed by atoms with Crippen LogP contribution in [0.25, 0.3) is 0 Å². The number of nitrogens with one attached hydrogen (secondary N) is 1. The van der Waals surface area contributed by atoms with Crippen molar-refractivity contribution in [3.63, 3.8) is 0 Å². The average molecular weight is 297 g/mol. The van der Waals surface area contributed by atoms with Gasteiger partial charge in [0.2, 0.25) is 0 Å². The highest BCUT2D eigenvalue weighted by Gasteiger charge is 1.97. The van der Waals surface area contributed by atoms with E-state index in [1.807, 2.05) is 36.4 Å². The van der Waals surface area contributed by atoms with E-state index in [0.29, 0.717) is 19.1 Å². The van der Waals surface area contributed by atoms with Gasteiger partial charge in [0.05, 0.1) is 13.2 Å². The molecule has 2 aromatic carbocycles. The molecular formula is C18H23N3O. The van der Waals surface area contributed by atoms with Crippen molar-refractivity contribution in [1.82, 2.24) is 5.32 Å². The van der Waals surface area contributed by atoms with Crippen LogP contribution in [0.3, 0.4) is 0 Å². The Bertz CT molecular complexity index is 596. The molecule has 0 saturated carbocycles. The largest absolute Gasteiger partial charge is 0.380 e. The minimum absolute atomic E-state index is 0.480. The van der Waals surface area contributed by atoms with Crippen LogP contribution >= 0.6 is 0 Å². The summed E-state index contributed by atoms with van der Waals surface area (Å²) in [6.45, 7) is 1.97. The van der Waals surface area contributed by atoms with Crippen LogP contribution in [0, 0.1) is 0 Å². The Labute approximate surface area is 132 Å². The predicted octanol–water partition coefficient (Wildman–Crippen LogP) is 2.48. The van der Waals surface area contributed by atoms with Gasteiger partial charge in [-0.15, -0.1) is 0 Å². The van der Waals surface area contributed by atoms with Crippen molar-refractivity contribution in [3.8, 4) is 0 Å². The normalized spacial score (nSPS) is 11.4. The molecule has 0 heterocycles. The van der Waals surface area contributed by atoms with E-state index < -0.39 is 0 Å². The van der Waals surface area contributed by atoms with E-state index in [2.05, 4.69) is 28.5 Å². The van der Waals surface area contributed by atoms with Crippen molar-refractivity contribution in [1.29, 1.82) is 0 Å². The molecule has 3 N–H and O–H groups in total. The SMILES string of the molecule is COCc1cccc(CN=C(N)NCCc2ccccc2)c1. The molecule has 0 spiro atoms. The number of guanidine groups is 1. The second-order valence-corrected chi connectivity index (χ2v) is 5.12. The Hall–Kier alpha value is -2.33.